The van der Waals surface area contributed by atoms with Crippen molar-refractivity contribution in [3.05, 3.63) is 58.6 Å². The van der Waals surface area contributed by atoms with Gasteiger partial charge in [0.25, 0.3) is 0 Å². The lowest BCUT2D eigenvalue weighted by atomic mass is 10.1. The maximum Gasteiger partial charge on any atom is 0.341 e. The van der Waals surface area contributed by atoms with E-state index in [0.29, 0.717) is 5.75 Å². The SMILES string of the molecule is CCc1ccccc1Oc1cccc(Cl)c1C(=O)O. The standard InChI is InChI=1S/C15H13ClO3/c1-2-10-6-3-4-8-12(10)19-13-9-5-7-11(16)14(13)15(17)18/h3-9H,2H2,1H3,(H,17,18). The van der Waals surface area contributed by atoms with Gasteiger partial charge in [-0.05, 0) is 30.2 Å². The predicted octanol–water partition coefficient (Wildman–Crippen LogP) is 4.39. The van der Waals surface area contributed by atoms with Crippen molar-refractivity contribution in [3.63, 3.8) is 0 Å². The summed E-state index contributed by atoms with van der Waals surface area (Å²) >= 11 is 5.90. The van der Waals surface area contributed by atoms with Crippen molar-refractivity contribution in [1.82, 2.24) is 0 Å². The molecule has 3 nitrogen and oxygen atoms in total. The number of carboxylic acid groups (broad SMARTS) is 1. The normalized spacial score (nSPS) is 10.2. The molecule has 4 heteroatoms. The molecule has 0 spiro atoms. The summed E-state index contributed by atoms with van der Waals surface area (Å²) in [4.78, 5) is 11.2. The number of ether oxygens (including phenoxy) is 1. The summed E-state index contributed by atoms with van der Waals surface area (Å²) in [5, 5.41) is 9.35. The molecule has 0 fully saturated rings. The van der Waals surface area contributed by atoms with Gasteiger partial charge in [-0.2, -0.15) is 0 Å². The van der Waals surface area contributed by atoms with Crippen LogP contribution in [0.3, 0.4) is 0 Å². The zero-order chi connectivity index (χ0) is 13.8. The van der Waals surface area contributed by atoms with Gasteiger partial charge in [0.05, 0.1) is 5.02 Å². The maximum absolute atomic E-state index is 11.2. The zero-order valence-electron chi connectivity index (χ0n) is 10.4. The van der Waals surface area contributed by atoms with Gasteiger partial charge in [0.1, 0.15) is 17.1 Å². The minimum atomic E-state index is -1.10. The van der Waals surface area contributed by atoms with Crippen molar-refractivity contribution >= 4 is 17.6 Å². The smallest absolute Gasteiger partial charge is 0.341 e. The van der Waals surface area contributed by atoms with Crippen molar-refractivity contribution in [1.29, 1.82) is 0 Å². The number of halogens is 1. The number of aryl methyl sites for hydroxylation is 1. The molecule has 0 heterocycles. The van der Waals surface area contributed by atoms with Gasteiger partial charge < -0.3 is 9.84 Å². The van der Waals surface area contributed by atoms with Gasteiger partial charge in [0, 0.05) is 0 Å². The number of aromatic carboxylic acids is 1. The summed E-state index contributed by atoms with van der Waals surface area (Å²) in [6.45, 7) is 2.01. The van der Waals surface area contributed by atoms with Gasteiger partial charge in [0.15, 0.2) is 0 Å². The van der Waals surface area contributed by atoms with Crippen molar-refractivity contribution in [2.45, 2.75) is 13.3 Å². The molecule has 0 unspecified atom stereocenters. The molecule has 19 heavy (non-hydrogen) atoms. The van der Waals surface area contributed by atoms with Gasteiger partial charge in [-0.25, -0.2) is 4.79 Å². The highest BCUT2D eigenvalue weighted by molar-refractivity contribution is 6.33. The molecule has 2 aromatic rings. The Morgan fingerprint density at radius 1 is 1.16 bits per heavy atom. The number of carbonyl (C=O) groups is 1. The van der Waals surface area contributed by atoms with Gasteiger partial charge in [-0.15, -0.1) is 0 Å². The molecule has 0 aromatic heterocycles. The number of rotatable bonds is 4. The second-order valence-corrected chi connectivity index (χ2v) is 4.39. The third-order valence-corrected chi connectivity index (χ3v) is 3.08. The van der Waals surface area contributed by atoms with Crippen LogP contribution in [0.5, 0.6) is 11.5 Å². The van der Waals surface area contributed by atoms with Crippen LogP contribution in [0.4, 0.5) is 0 Å². The molecule has 2 aromatic carbocycles. The topological polar surface area (TPSA) is 46.5 Å². The van der Waals surface area contributed by atoms with Crippen LogP contribution >= 0.6 is 11.6 Å². The molecule has 0 saturated heterocycles. The minimum Gasteiger partial charge on any atom is -0.478 e. The van der Waals surface area contributed by atoms with E-state index in [1.165, 1.54) is 6.07 Å². The zero-order valence-corrected chi connectivity index (χ0v) is 11.1. The molecule has 1 N–H and O–H groups in total. The molecule has 0 atom stereocenters. The molecule has 0 aliphatic heterocycles. The summed E-state index contributed by atoms with van der Waals surface area (Å²) in [5.41, 5.74) is 0.994. The van der Waals surface area contributed by atoms with Gasteiger partial charge >= 0.3 is 5.97 Å². The Balaban J connectivity index is 2.44. The molecule has 98 valence electrons. The van der Waals surface area contributed by atoms with Crippen LogP contribution in [0.2, 0.25) is 5.02 Å². The van der Waals surface area contributed by atoms with Crippen molar-refractivity contribution < 1.29 is 14.6 Å². The fraction of sp³-hybridized carbons (Fsp3) is 0.133. The summed E-state index contributed by atoms with van der Waals surface area (Å²) < 4.78 is 5.71. The molecule has 0 aliphatic rings. The Morgan fingerprint density at radius 3 is 2.53 bits per heavy atom. The van der Waals surface area contributed by atoms with Crippen molar-refractivity contribution in [2.75, 3.05) is 0 Å². The molecule has 0 bridgehead atoms. The average Bonchev–Trinajstić information content (AvgIpc) is 2.39. The predicted molar refractivity (Wildman–Crippen MR) is 74.3 cm³/mol. The van der Waals surface area contributed by atoms with Crippen LogP contribution in [0, 0.1) is 0 Å². The molecule has 0 radical (unpaired) electrons. The fourth-order valence-corrected chi connectivity index (χ4v) is 2.06. The first-order chi connectivity index (χ1) is 9.13. The fourth-order valence-electron chi connectivity index (χ4n) is 1.81. The Morgan fingerprint density at radius 2 is 1.84 bits per heavy atom. The lowest BCUT2D eigenvalue weighted by Gasteiger charge is -2.12. The molecular formula is C15H13ClO3. The number of hydrogen-bond donors (Lipinski definition) is 1. The van der Waals surface area contributed by atoms with Crippen LogP contribution in [0.25, 0.3) is 0 Å². The Labute approximate surface area is 116 Å². The summed E-state index contributed by atoms with van der Waals surface area (Å²) in [6.07, 6.45) is 0.805. The first-order valence-corrected chi connectivity index (χ1v) is 6.28. The largest absolute Gasteiger partial charge is 0.478 e. The minimum absolute atomic E-state index is 0.0185. The molecule has 0 saturated carbocycles. The van der Waals surface area contributed by atoms with Crippen LogP contribution in [-0.2, 0) is 6.42 Å². The van der Waals surface area contributed by atoms with E-state index in [0.717, 1.165) is 12.0 Å². The monoisotopic (exact) mass is 276 g/mol. The van der Waals surface area contributed by atoms with Crippen LogP contribution in [0.1, 0.15) is 22.8 Å². The number of carboxylic acids is 1. The van der Waals surface area contributed by atoms with E-state index < -0.39 is 5.97 Å². The van der Waals surface area contributed by atoms with Crippen LogP contribution in [0.15, 0.2) is 42.5 Å². The average molecular weight is 277 g/mol. The number of para-hydroxylation sites is 1. The Kier molecular flexibility index (Phi) is 4.07. The quantitative estimate of drug-likeness (QED) is 0.901. The Hall–Kier alpha value is -2.00. The number of benzene rings is 2. The highest BCUT2D eigenvalue weighted by atomic mass is 35.5. The lowest BCUT2D eigenvalue weighted by molar-refractivity contribution is 0.0694. The lowest BCUT2D eigenvalue weighted by Crippen LogP contribution is -2.01. The van der Waals surface area contributed by atoms with E-state index in [-0.39, 0.29) is 16.3 Å². The second kappa shape index (κ2) is 5.76. The highest BCUT2D eigenvalue weighted by Gasteiger charge is 2.16. The van der Waals surface area contributed by atoms with E-state index in [2.05, 4.69) is 0 Å². The Bertz CT molecular complexity index is 608. The molecule has 2 rings (SSSR count). The van der Waals surface area contributed by atoms with Gasteiger partial charge in [0.2, 0.25) is 0 Å². The first kappa shape index (κ1) is 13.4. The van der Waals surface area contributed by atoms with E-state index >= 15 is 0 Å². The van der Waals surface area contributed by atoms with Crippen LogP contribution < -0.4 is 4.74 Å². The first-order valence-electron chi connectivity index (χ1n) is 5.91. The third-order valence-electron chi connectivity index (χ3n) is 2.76. The van der Waals surface area contributed by atoms with E-state index in [4.69, 9.17) is 16.3 Å². The second-order valence-electron chi connectivity index (χ2n) is 3.98. The maximum atomic E-state index is 11.2. The third kappa shape index (κ3) is 2.88. The van der Waals surface area contributed by atoms with Gasteiger partial charge in [-0.3, -0.25) is 0 Å². The van der Waals surface area contributed by atoms with E-state index in [1.807, 2.05) is 31.2 Å². The molecular weight excluding hydrogens is 264 g/mol. The molecule has 0 aliphatic carbocycles. The summed E-state index contributed by atoms with van der Waals surface area (Å²) in [7, 11) is 0. The van der Waals surface area contributed by atoms with Gasteiger partial charge in [-0.1, -0.05) is 42.8 Å². The van der Waals surface area contributed by atoms with Crippen molar-refractivity contribution in [2.24, 2.45) is 0 Å². The summed E-state index contributed by atoms with van der Waals surface area (Å²) in [5.74, 6) is -0.203. The van der Waals surface area contributed by atoms with E-state index in [9.17, 15) is 9.90 Å². The summed E-state index contributed by atoms with van der Waals surface area (Å²) in [6, 6.07) is 12.3. The van der Waals surface area contributed by atoms with Crippen molar-refractivity contribution in [3.8, 4) is 11.5 Å². The number of hydrogen-bond acceptors (Lipinski definition) is 2. The van der Waals surface area contributed by atoms with Crippen LogP contribution in [-0.4, -0.2) is 11.1 Å². The highest BCUT2D eigenvalue weighted by Crippen LogP contribution is 2.32. The van der Waals surface area contributed by atoms with E-state index in [1.54, 1.807) is 12.1 Å². The molecule has 0 amide bonds.